The number of aromatic amines is 2. The van der Waals surface area contributed by atoms with Crippen molar-refractivity contribution in [2.75, 3.05) is 19.7 Å². The van der Waals surface area contributed by atoms with E-state index >= 15 is 0 Å². The van der Waals surface area contributed by atoms with E-state index in [9.17, 15) is 9.18 Å². The molecule has 1 aliphatic heterocycles. The maximum atomic E-state index is 13.5. The number of morpholine rings is 1. The van der Waals surface area contributed by atoms with Gasteiger partial charge in [0.15, 0.2) is 0 Å². The van der Waals surface area contributed by atoms with Gasteiger partial charge < -0.3 is 19.6 Å². The standard InChI is InChI=1S/C18H19FN4O2/c1-10-8-20-17(21-10)15-9-23(5-6-25-15)18(24)16-11(2)13-7-12(19)3-4-14(13)22-16/h3-4,7-8,15,22H,5-6,9H2,1-2H3,(H,20,21). The van der Waals surface area contributed by atoms with Gasteiger partial charge in [-0.2, -0.15) is 0 Å². The number of rotatable bonds is 2. The lowest BCUT2D eigenvalue weighted by Crippen LogP contribution is -2.42. The van der Waals surface area contributed by atoms with Crippen molar-refractivity contribution in [3.63, 3.8) is 0 Å². The van der Waals surface area contributed by atoms with Crippen LogP contribution in [0.5, 0.6) is 0 Å². The van der Waals surface area contributed by atoms with Gasteiger partial charge in [-0.15, -0.1) is 0 Å². The molecule has 3 aromatic rings. The minimum Gasteiger partial charge on any atom is -0.367 e. The fourth-order valence-electron chi connectivity index (χ4n) is 3.27. The third-order valence-corrected chi connectivity index (χ3v) is 4.62. The molecule has 0 saturated carbocycles. The first-order chi connectivity index (χ1) is 12.0. The normalized spacial score (nSPS) is 18.0. The first-order valence-corrected chi connectivity index (χ1v) is 8.23. The third-order valence-electron chi connectivity index (χ3n) is 4.62. The van der Waals surface area contributed by atoms with E-state index in [-0.39, 0.29) is 17.8 Å². The first kappa shape index (κ1) is 15.8. The Morgan fingerprint density at radius 3 is 2.96 bits per heavy atom. The van der Waals surface area contributed by atoms with E-state index in [0.717, 1.165) is 28.0 Å². The van der Waals surface area contributed by atoms with Crippen LogP contribution >= 0.6 is 0 Å². The van der Waals surface area contributed by atoms with Crippen LogP contribution in [0.4, 0.5) is 4.39 Å². The zero-order chi connectivity index (χ0) is 17.6. The summed E-state index contributed by atoms with van der Waals surface area (Å²) in [5, 5.41) is 0.731. The molecular formula is C18H19FN4O2. The number of halogens is 1. The maximum Gasteiger partial charge on any atom is 0.270 e. The molecule has 3 heterocycles. The third kappa shape index (κ3) is 2.80. The second-order valence-electron chi connectivity index (χ2n) is 6.38. The minimum atomic E-state index is -0.312. The lowest BCUT2D eigenvalue weighted by atomic mass is 10.1. The molecule has 6 nitrogen and oxygen atoms in total. The van der Waals surface area contributed by atoms with Gasteiger partial charge in [0, 0.05) is 29.3 Å². The van der Waals surface area contributed by atoms with Crippen LogP contribution in [0, 0.1) is 19.7 Å². The molecule has 7 heteroatoms. The van der Waals surface area contributed by atoms with Gasteiger partial charge in [-0.05, 0) is 37.6 Å². The van der Waals surface area contributed by atoms with Crippen molar-refractivity contribution in [3.8, 4) is 0 Å². The Hall–Kier alpha value is -2.67. The Morgan fingerprint density at radius 2 is 2.20 bits per heavy atom. The predicted molar refractivity (Wildman–Crippen MR) is 90.9 cm³/mol. The second kappa shape index (κ2) is 6.00. The Labute approximate surface area is 144 Å². The number of fused-ring (bicyclic) bond motifs is 1. The monoisotopic (exact) mass is 342 g/mol. The lowest BCUT2D eigenvalue weighted by molar-refractivity contribution is -0.0266. The van der Waals surface area contributed by atoms with Crippen LogP contribution in [0.3, 0.4) is 0 Å². The van der Waals surface area contributed by atoms with Crippen LogP contribution < -0.4 is 0 Å². The molecule has 1 saturated heterocycles. The number of carbonyl (C=O) groups is 1. The number of hydrogen-bond acceptors (Lipinski definition) is 3. The zero-order valence-electron chi connectivity index (χ0n) is 14.1. The molecule has 0 bridgehead atoms. The molecule has 1 aromatic carbocycles. The Bertz CT molecular complexity index is 946. The summed E-state index contributed by atoms with van der Waals surface area (Å²) in [6.07, 6.45) is 1.48. The molecule has 1 amide bonds. The summed E-state index contributed by atoms with van der Waals surface area (Å²) in [6.45, 7) is 5.14. The van der Waals surface area contributed by atoms with Crippen LogP contribution in [-0.2, 0) is 4.74 Å². The topological polar surface area (TPSA) is 74.0 Å². The maximum absolute atomic E-state index is 13.5. The molecule has 4 rings (SSSR count). The predicted octanol–water partition coefficient (Wildman–Crippen LogP) is 2.86. The number of ether oxygens (including phenoxy) is 1. The van der Waals surface area contributed by atoms with Gasteiger partial charge >= 0.3 is 0 Å². The summed E-state index contributed by atoms with van der Waals surface area (Å²) < 4.78 is 19.2. The Balaban J connectivity index is 1.61. The fraction of sp³-hybridized carbons (Fsp3) is 0.333. The fourth-order valence-corrected chi connectivity index (χ4v) is 3.27. The number of aromatic nitrogens is 3. The number of amides is 1. The van der Waals surface area contributed by atoms with Gasteiger partial charge in [-0.3, -0.25) is 4.79 Å². The summed E-state index contributed by atoms with van der Waals surface area (Å²) in [5.41, 5.74) is 2.97. The zero-order valence-corrected chi connectivity index (χ0v) is 14.1. The van der Waals surface area contributed by atoms with Gasteiger partial charge in [0.1, 0.15) is 23.4 Å². The number of hydrogen-bond donors (Lipinski definition) is 2. The van der Waals surface area contributed by atoms with Crippen LogP contribution in [0.1, 0.15) is 33.7 Å². The second-order valence-corrected chi connectivity index (χ2v) is 6.38. The van der Waals surface area contributed by atoms with Crippen molar-refractivity contribution < 1.29 is 13.9 Å². The number of nitrogens with zero attached hydrogens (tertiary/aromatic N) is 2. The SMILES string of the molecule is Cc1cnc(C2CN(C(=O)c3[nH]c4ccc(F)cc4c3C)CCO2)[nH]1. The van der Waals surface area contributed by atoms with E-state index in [4.69, 9.17) is 4.74 Å². The van der Waals surface area contributed by atoms with Crippen molar-refractivity contribution in [2.24, 2.45) is 0 Å². The highest BCUT2D eigenvalue weighted by Crippen LogP contribution is 2.26. The van der Waals surface area contributed by atoms with Crippen LogP contribution in [0.25, 0.3) is 10.9 Å². The van der Waals surface area contributed by atoms with E-state index in [2.05, 4.69) is 15.0 Å². The molecule has 1 aliphatic rings. The average molecular weight is 342 g/mol. The molecule has 0 spiro atoms. The van der Waals surface area contributed by atoms with E-state index in [1.54, 1.807) is 17.2 Å². The highest BCUT2D eigenvalue weighted by atomic mass is 19.1. The molecule has 130 valence electrons. The van der Waals surface area contributed by atoms with E-state index in [0.29, 0.717) is 25.4 Å². The summed E-state index contributed by atoms with van der Waals surface area (Å²) in [6, 6.07) is 4.49. The molecule has 1 atom stereocenters. The van der Waals surface area contributed by atoms with E-state index < -0.39 is 0 Å². The Kier molecular flexibility index (Phi) is 3.80. The summed E-state index contributed by atoms with van der Waals surface area (Å²) in [7, 11) is 0. The number of carbonyl (C=O) groups excluding carboxylic acids is 1. The molecule has 2 aromatic heterocycles. The van der Waals surface area contributed by atoms with Gasteiger partial charge in [-0.25, -0.2) is 9.37 Å². The molecule has 1 unspecified atom stereocenters. The number of nitrogens with one attached hydrogen (secondary N) is 2. The smallest absolute Gasteiger partial charge is 0.270 e. The van der Waals surface area contributed by atoms with Crippen molar-refractivity contribution in [1.29, 1.82) is 0 Å². The van der Waals surface area contributed by atoms with Crippen LogP contribution in [0.15, 0.2) is 24.4 Å². The largest absolute Gasteiger partial charge is 0.367 e. The molecular weight excluding hydrogens is 323 g/mol. The summed E-state index contributed by atoms with van der Waals surface area (Å²) in [4.78, 5) is 25.3. The van der Waals surface area contributed by atoms with Crippen LogP contribution in [0.2, 0.25) is 0 Å². The highest BCUT2D eigenvalue weighted by molar-refractivity contribution is 6.00. The summed E-state index contributed by atoms with van der Waals surface area (Å²) >= 11 is 0. The number of imidazole rings is 1. The van der Waals surface area contributed by atoms with Gasteiger partial charge in [0.05, 0.1) is 13.2 Å². The number of benzene rings is 1. The number of H-pyrrole nitrogens is 2. The average Bonchev–Trinajstić information content (AvgIpc) is 3.19. The molecule has 0 aliphatic carbocycles. The van der Waals surface area contributed by atoms with Crippen molar-refractivity contribution in [1.82, 2.24) is 19.9 Å². The van der Waals surface area contributed by atoms with Gasteiger partial charge in [0.25, 0.3) is 5.91 Å². The Morgan fingerprint density at radius 1 is 1.36 bits per heavy atom. The molecule has 25 heavy (non-hydrogen) atoms. The highest BCUT2D eigenvalue weighted by Gasteiger charge is 2.29. The first-order valence-electron chi connectivity index (χ1n) is 8.23. The lowest BCUT2D eigenvalue weighted by Gasteiger charge is -2.32. The van der Waals surface area contributed by atoms with Crippen molar-refractivity contribution in [2.45, 2.75) is 20.0 Å². The number of aryl methyl sites for hydroxylation is 2. The van der Waals surface area contributed by atoms with E-state index in [1.807, 2.05) is 13.8 Å². The molecule has 2 N–H and O–H groups in total. The van der Waals surface area contributed by atoms with Gasteiger partial charge in [0.2, 0.25) is 0 Å². The summed E-state index contributed by atoms with van der Waals surface area (Å²) in [5.74, 6) is 0.310. The molecule has 1 fully saturated rings. The van der Waals surface area contributed by atoms with Crippen molar-refractivity contribution in [3.05, 3.63) is 53.0 Å². The quantitative estimate of drug-likeness (QED) is 0.752. The molecule has 0 radical (unpaired) electrons. The minimum absolute atomic E-state index is 0.106. The van der Waals surface area contributed by atoms with Crippen molar-refractivity contribution >= 4 is 16.8 Å². The van der Waals surface area contributed by atoms with Crippen LogP contribution in [-0.4, -0.2) is 45.5 Å². The van der Waals surface area contributed by atoms with Gasteiger partial charge in [-0.1, -0.05) is 0 Å². The van der Waals surface area contributed by atoms with E-state index in [1.165, 1.54) is 12.1 Å².